The topological polar surface area (TPSA) is 46.6 Å². The zero-order valence-electron chi connectivity index (χ0n) is 8.36. The maximum absolute atomic E-state index is 10.9. The minimum Gasteiger partial charge on any atom is -0.304 e. The number of hydrogen-bond donors (Lipinski definition) is 0. The fourth-order valence-corrected chi connectivity index (χ4v) is 2.24. The van der Waals surface area contributed by atoms with Gasteiger partial charge in [0.05, 0.1) is 12.4 Å². The highest BCUT2D eigenvalue weighted by atomic mass is 32.2. The molecule has 0 amide bonds. The molecule has 0 aliphatic carbocycles. The van der Waals surface area contributed by atoms with Gasteiger partial charge in [0, 0.05) is 6.54 Å². The molecule has 2 unspecified atom stereocenters. The van der Waals surface area contributed by atoms with Crippen LogP contribution in [0.3, 0.4) is 0 Å². The third-order valence-corrected chi connectivity index (χ3v) is 2.99. The molecule has 0 spiro atoms. The first kappa shape index (κ1) is 10.9. The zero-order valence-corrected chi connectivity index (χ0v) is 9.17. The van der Waals surface area contributed by atoms with Gasteiger partial charge in [0.1, 0.15) is 0 Å². The van der Waals surface area contributed by atoms with E-state index >= 15 is 0 Å². The van der Waals surface area contributed by atoms with Crippen LogP contribution in [0, 0.1) is 5.92 Å². The van der Waals surface area contributed by atoms with E-state index in [1.807, 2.05) is 14.0 Å². The Labute approximate surface area is 80.0 Å². The summed E-state index contributed by atoms with van der Waals surface area (Å²) in [5, 5.41) is 0. The van der Waals surface area contributed by atoms with Gasteiger partial charge in [0.25, 0.3) is 10.1 Å². The largest absolute Gasteiger partial charge is 0.304 e. The number of likely N-dealkylation sites (tertiary alicyclic amines) is 1. The molecular formula is C8H17NO3S. The van der Waals surface area contributed by atoms with Gasteiger partial charge in [-0.25, -0.2) is 0 Å². The van der Waals surface area contributed by atoms with Crippen LogP contribution in [0.2, 0.25) is 0 Å². The van der Waals surface area contributed by atoms with Crippen molar-refractivity contribution in [3.63, 3.8) is 0 Å². The number of hydrogen-bond acceptors (Lipinski definition) is 4. The van der Waals surface area contributed by atoms with Crippen molar-refractivity contribution in [3.8, 4) is 0 Å². The van der Waals surface area contributed by atoms with Crippen LogP contribution in [0.4, 0.5) is 0 Å². The van der Waals surface area contributed by atoms with E-state index in [2.05, 4.69) is 4.90 Å². The Morgan fingerprint density at radius 2 is 2.08 bits per heavy atom. The summed E-state index contributed by atoms with van der Waals surface area (Å²) in [6.07, 6.45) is 1.93. The molecule has 0 saturated carbocycles. The molecule has 0 N–H and O–H groups in total. The summed E-state index contributed by atoms with van der Waals surface area (Å²) < 4.78 is 26.8. The van der Waals surface area contributed by atoms with E-state index in [1.165, 1.54) is 0 Å². The number of likely N-dealkylation sites (N-methyl/N-ethyl adjacent to an activating group) is 1. The average molecular weight is 207 g/mol. The highest BCUT2D eigenvalue weighted by Crippen LogP contribution is 2.19. The molecule has 78 valence electrons. The first-order valence-electron chi connectivity index (χ1n) is 4.45. The molecule has 1 rings (SSSR count). The molecule has 1 aliphatic rings. The Morgan fingerprint density at radius 3 is 2.62 bits per heavy atom. The van der Waals surface area contributed by atoms with Crippen molar-refractivity contribution in [2.45, 2.75) is 19.4 Å². The van der Waals surface area contributed by atoms with Gasteiger partial charge < -0.3 is 4.90 Å². The molecular weight excluding hydrogens is 190 g/mol. The van der Waals surface area contributed by atoms with Crippen LogP contribution in [0.1, 0.15) is 13.3 Å². The van der Waals surface area contributed by atoms with Crippen molar-refractivity contribution in [3.05, 3.63) is 0 Å². The second-order valence-electron chi connectivity index (χ2n) is 3.87. The Bertz CT molecular complexity index is 263. The molecule has 4 nitrogen and oxygen atoms in total. The van der Waals surface area contributed by atoms with Crippen molar-refractivity contribution in [2.24, 2.45) is 5.92 Å². The second kappa shape index (κ2) is 3.94. The van der Waals surface area contributed by atoms with Crippen LogP contribution in [0.15, 0.2) is 0 Å². The minimum atomic E-state index is -3.31. The van der Waals surface area contributed by atoms with Crippen molar-refractivity contribution in [1.82, 2.24) is 4.90 Å². The Balaban J connectivity index is 2.57. The normalized spacial score (nSPS) is 31.9. The zero-order chi connectivity index (χ0) is 10.1. The summed E-state index contributed by atoms with van der Waals surface area (Å²) in [7, 11) is -1.33. The summed E-state index contributed by atoms with van der Waals surface area (Å²) in [5.74, 6) is 0.325. The van der Waals surface area contributed by atoms with E-state index in [0.717, 1.165) is 19.2 Å². The van der Waals surface area contributed by atoms with Gasteiger partial charge in [-0.05, 0) is 25.9 Å². The molecule has 2 atom stereocenters. The van der Waals surface area contributed by atoms with E-state index in [9.17, 15) is 8.42 Å². The highest BCUT2D eigenvalue weighted by Gasteiger charge is 2.27. The molecule has 13 heavy (non-hydrogen) atoms. The Kier molecular flexibility index (Phi) is 3.32. The number of rotatable bonds is 2. The van der Waals surface area contributed by atoms with Crippen LogP contribution in [0.25, 0.3) is 0 Å². The second-order valence-corrected chi connectivity index (χ2v) is 5.47. The van der Waals surface area contributed by atoms with Gasteiger partial charge in [-0.15, -0.1) is 0 Å². The van der Waals surface area contributed by atoms with E-state index < -0.39 is 10.1 Å². The monoisotopic (exact) mass is 207 g/mol. The van der Waals surface area contributed by atoms with Crippen molar-refractivity contribution in [2.75, 3.05) is 26.4 Å². The van der Waals surface area contributed by atoms with Gasteiger partial charge in [0.2, 0.25) is 0 Å². The van der Waals surface area contributed by atoms with Crippen LogP contribution < -0.4 is 0 Å². The number of piperidine rings is 1. The molecule has 1 saturated heterocycles. The summed E-state index contributed by atoms with van der Waals surface area (Å²) in [5.41, 5.74) is 0. The molecule has 0 radical (unpaired) electrons. The highest BCUT2D eigenvalue weighted by molar-refractivity contribution is 7.86. The summed E-state index contributed by atoms with van der Waals surface area (Å²) in [4.78, 5) is 2.09. The molecule has 0 aromatic carbocycles. The van der Waals surface area contributed by atoms with Crippen molar-refractivity contribution in [1.29, 1.82) is 0 Å². The van der Waals surface area contributed by atoms with E-state index in [0.29, 0.717) is 12.5 Å². The van der Waals surface area contributed by atoms with Crippen LogP contribution >= 0.6 is 0 Å². The summed E-state index contributed by atoms with van der Waals surface area (Å²) in [6.45, 7) is 3.75. The van der Waals surface area contributed by atoms with Crippen molar-refractivity contribution >= 4 is 10.1 Å². The Hall–Kier alpha value is -0.130. The molecule has 0 bridgehead atoms. The van der Waals surface area contributed by atoms with Crippen molar-refractivity contribution < 1.29 is 12.6 Å². The van der Waals surface area contributed by atoms with Gasteiger partial charge in [-0.1, -0.05) is 6.92 Å². The van der Waals surface area contributed by atoms with Gasteiger partial charge in [-0.3, -0.25) is 4.18 Å². The smallest absolute Gasteiger partial charge is 0.264 e. The van der Waals surface area contributed by atoms with E-state index in [4.69, 9.17) is 4.18 Å². The maximum atomic E-state index is 10.9. The lowest BCUT2D eigenvalue weighted by Gasteiger charge is -2.33. The van der Waals surface area contributed by atoms with Crippen LogP contribution in [0.5, 0.6) is 0 Å². The molecule has 0 aromatic rings. The molecule has 5 heteroatoms. The fourth-order valence-electron chi connectivity index (χ4n) is 1.54. The lowest BCUT2D eigenvalue weighted by Crippen LogP contribution is -2.42. The summed E-state index contributed by atoms with van der Waals surface area (Å²) in [6, 6.07) is 0. The van der Waals surface area contributed by atoms with Gasteiger partial charge in [0.15, 0.2) is 0 Å². The lowest BCUT2D eigenvalue weighted by atomic mass is 9.97. The molecule has 1 aliphatic heterocycles. The average Bonchev–Trinajstić information content (AvgIpc) is 1.94. The quantitative estimate of drug-likeness (QED) is 0.611. The first-order valence-corrected chi connectivity index (χ1v) is 6.27. The minimum absolute atomic E-state index is 0.172. The summed E-state index contributed by atoms with van der Waals surface area (Å²) >= 11 is 0. The predicted molar refractivity (Wildman–Crippen MR) is 51.0 cm³/mol. The van der Waals surface area contributed by atoms with E-state index in [1.54, 1.807) is 0 Å². The molecule has 1 heterocycles. The van der Waals surface area contributed by atoms with Crippen LogP contribution in [-0.4, -0.2) is 45.8 Å². The molecule has 1 fully saturated rings. The fraction of sp³-hybridized carbons (Fsp3) is 1.00. The van der Waals surface area contributed by atoms with E-state index in [-0.39, 0.29) is 6.10 Å². The third-order valence-electron chi connectivity index (χ3n) is 2.39. The van der Waals surface area contributed by atoms with Gasteiger partial charge in [-0.2, -0.15) is 8.42 Å². The SMILES string of the molecule is CC1CCN(C)CC1OS(C)(=O)=O. The standard InChI is InChI=1S/C8H17NO3S/c1-7-4-5-9(2)6-8(7)12-13(3,10)11/h7-8H,4-6H2,1-3H3. The lowest BCUT2D eigenvalue weighted by molar-refractivity contribution is 0.0652. The first-order chi connectivity index (χ1) is 5.88. The molecule has 0 aromatic heterocycles. The van der Waals surface area contributed by atoms with Crippen LogP contribution in [-0.2, 0) is 14.3 Å². The predicted octanol–water partition coefficient (Wildman–Crippen LogP) is 0.303. The number of nitrogens with zero attached hydrogens (tertiary/aromatic N) is 1. The van der Waals surface area contributed by atoms with Gasteiger partial charge >= 0.3 is 0 Å². The third kappa shape index (κ3) is 3.62. The Morgan fingerprint density at radius 1 is 1.46 bits per heavy atom. The maximum Gasteiger partial charge on any atom is 0.264 e.